The highest BCUT2D eigenvalue weighted by Gasteiger charge is 2.35. The fourth-order valence-electron chi connectivity index (χ4n) is 2.76. The van der Waals surface area contributed by atoms with Gasteiger partial charge in [0.25, 0.3) is 0 Å². The fraction of sp³-hybridized carbons (Fsp3) is 0.643. The molecule has 1 aliphatic rings. The van der Waals surface area contributed by atoms with E-state index in [0.717, 1.165) is 18.7 Å². The van der Waals surface area contributed by atoms with Gasteiger partial charge in [-0.25, -0.2) is 4.98 Å². The molecule has 1 aromatic rings. The number of halogens is 1. The summed E-state index contributed by atoms with van der Waals surface area (Å²) in [6.07, 6.45) is 5.34. The molecule has 4 nitrogen and oxygen atoms in total. The van der Waals surface area contributed by atoms with Crippen molar-refractivity contribution in [3.05, 3.63) is 22.8 Å². The first-order valence-electron chi connectivity index (χ1n) is 6.84. The summed E-state index contributed by atoms with van der Waals surface area (Å²) in [6, 6.07) is 1.64. The van der Waals surface area contributed by atoms with Crippen molar-refractivity contribution in [1.82, 2.24) is 9.88 Å². The van der Waals surface area contributed by atoms with Gasteiger partial charge in [0, 0.05) is 17.3 Å². The van der Waals surface area contributed by atoms with Crippen molar-refractivity contribution in [3.8, 4) is 0 Å². The van der Waals surface area contributed by atoms with Gasteiger partial charge in [-0.05, 0) is 45.8 Å². The van der Waals surface area contributed by atoms with E-state index in [4.69, 9.17) is 23.1 Å². The summed E-state index contributed by atoms with van der Waals surface area (Å²) < 4.78 is 0. The number of nitrogens with two attached hydrogens (primary N) is 2. The maximum atomic E-state index is 6.45. The number of piperidine rings is 1. The predicted molar refractivity (Wildman–Crippen MR) is 80.1 cm³/mol. The molecule has 5 heteroatoms. The number of pyridine rings is 1. The van der Waals surface area contributed by atoms with Crippen LogP contribution in [0.5, 0.6) is 0 Å². The number of nitrogen functional groups attached to an aromatic ring is 1. The van der Waals surface area contributed by atoms with Gasteiger partial charge in [-0.1, -0.05) is 18.0 Å². The smallest absolute Gasteiger partial charge is 0.128 e. The third-order valence-corrected chi connectivity index (χ3v) is 4.39. The molecule has 1 atom stereocenters. The Hall–Kier alpha value is -0.840. The minimum absolute atomic E-state index is 0.152. The van der Waals surface area contributed by atoms with Crippen LogP contribution in [0.15, 0.2) is 12.3 Å². The Kier molecular flexibility index (Phi) is 4.33. The molecule has 1 fully saturated rings. The van der Waals surface area contributed by atoms with Crippen LogP contribution in [0, 0.1) is 0 Å². The lowest BCUT2D eigenvalue weighted by molar-refractivity contribution is 0.0731. The van der Waals surface area contributed by atoms with Gasteiger partial charge in [0.2, 0.25) is 0 Å². The first-order chi connectivity index (χ1) is 8.93. The lowest BCUT2D eigenvalue weighted by Crippen LogP contribution is -2.53. The summed E-state index contributed by atoms with van der Waals surface area (Å²) in [7, 11) is 0. The van der Waals surface area contributed by atoms with Crippen LogP contribution in [0.4, 0.5) is 5.82 Å². The molecular formula is C14H23ClN4. The van der Waals surface area contributed by atoms with Crippen LogP contribution in [0.2, 0.25) is 5.02 Å². The normalized spacial score (nSPS) is 19.4. The van der Waals surface area contributed by atoms with E-state index in [-0.39, 0.29) is 11.6 Å². The van der Waals surface area contributed by atoms with Gasteiger partial charge in [-0.3, -0.25) is 4.90 Å². The molecule has 0 amide bonds. The Morgan fingerprint density at radius 1 is 1.32 bits per heavy atom. The molecular weight excluding hydrogens is 260 g/mol. The Labute approximate surface area is 120 Å². The van der Waals surface area contributed by atoms with E-state index < -0.39 is 0 Å². The van der Waals surface area contributed by atoms with Crippen LogP contribution in [0.1, 0.15) is 44.7 Å². The molecule has 0 radical (unpaired) electrons. The van der Waals surface area contributed by atoms with Crippen LogP contribution < -0.4 is 11.5 Å². The summed E-state index contributed by atoms with van der Waals surface area (Å²) in [4.78, 5) is 6.55. The fourth-order valence-corrected chi connectivity index (χ4v) is 2.93. The quantitative estimate of drug-likeness (QED) is 0.894. The maximum absolute atomic E-state index is 6.45. The standard InChI is InChI=1S/C14H23ClN4/c1-14(2,19-6-4-3-5-7-19)12(16)11-8-10(15)9-18-13(11)17/h8-9,12H,3-7,16H2,1-2H3,(H2,17,18). The number of rotatable bonds is 3. The molecule has 2 rings (SSSR count). The molecule has 0 saturated carbocycles. The highest BCUT2D eigenvalue weighted by atomic mass is 35.5. The Bertz CT molecular complexity index is 441. The van der Waals surface area contributed by atoms with Gasteiger partial charge in [-0.15, -0.1) is 0 Å². The second-order valence-electron chi connectivity index (χ2n) is 5.81. The predicted octanol–water partition coefficient (Wildman–Crippen LogP) is 2.58. The average Bonchev–Trinajstić information content (AvgIpc) is 2.41. The largest absolute Gasteiger partial charge is 0.383 e. The van der Waals surface area contributed by atoms with E-state index in [9.17, 15) is 0 Å². The van der Waals surface area contributed by atoms with Crippen LogP contribution in [-0.4, -0.2) is 28.5 Å². The highest BCUT2D eigenvalue weighted by Crippen LogP contribution is 2.34. The second-order valence-corrected chi connectivity index (χ2v) is 6.24. The van der Waals surface area contributed by atoms with Crippen LogP contribution in [0.25, 0.3) is 0 Å². The summed E-state index contributed by atoms with van der Waals surface area (Å²) in [6.45, 7) is 6.52. The van der Waals surface area contributed by atoms with Gasteiger partial charge in [0.1, 0.15) is 5.82 Å². The van der Waals surface area contributed by atoms with Gasteiger partial charge in [-0.2, -0.15) is 0 Å². The van der Waals surface area contributed by atoms with Gasteiger partial charge in [0.05, 0.1) is 11.1 Å². The van der Waals surface area contributed by atoms with Crippen molar-refractivity contribution < 1.29 is 0 Å². The molecule has 1 aromatic heterocycles. The Morgan fingerprint density at radius 2 is 1.95 bits per heavy atom. The molecule has 2 heterocycles. The van der Waals surface area contributed by atoms with Crippen molar-refractivity contribution in [2.45, 2.75) is 44.7 Å². The number of likely N-dealkylation sites (tertiary alicyclic amines) is 1. The number of hydrogen-bond donors (Lipinski definition) is 2. The molecule has 0 aromatic carbocycles. The van der Waals surface area contributed by atoms with E-state index >= 15 is 0 Å². The van der Waals surface area contributed by atoms with Crippen LogP contribution in [0.3, 0.4) is 0 Å². The maximum Gasteiger partial charge on any atom is 0.128 e. The van der Waals surface area contributed by atoms with E-state index in [1.807, 2.05) is 6.07 Å². The Balaban J connectivity index is 2.25. The zero-order chi connectivity index (χ0) is 14.0. The highest BCUT2D eigenvalue weighted by molar-refractivity contribution is 6.30. The van der Waals surface area contributed by atoms with Gasteiger partial charge < -0.3 is 11.5 Å². The van der Waals surface area contributed by atoms with Crippen molar-refractivity contribution in [3.63, 3.8) is 0 Å². The first-order valence-corrected chi connectivity index (χ1v) is 7.22. The van der Waals surface area contributed by atoms with Gasteiger partial charge >= 0.3 is 0 Å². The van der Waals surface area contributed by atoms with Crippen LogP contribution in [-0.2, 0) is 0 Å². The molecule has 19 heavy (non-hydrogen) atoms. The summed E-state index contributed by atoms with van der Waals surface area (Å²) >= 11 is 6.01. The zero-order valence-corrected chi connectivity index (χ0v) is 12.5. The van der Waals surface area contributed by atoms with Gasteiger partial charge in [0.15, 0.2) is 0 Å². The number of aromatic nitrogens is 1. The number of anilines is 1. The third-order valence-electron chi connectivity index (χ3n) is 4.18. The van der Waals surface area contributed by atoms with Crippen molar-refractivity contribution in [2.24, 2.45) is 5.73 Å². The molecule has 4 N–H and O–H groups in total. The second kappa shape index (κ2) is 5.65. The molecule has 1 saturated heterocycles. The lowest BCUT2D eigenvalue weighted by Gasteiger charge is -2.44. The van der Waals surface area contributed by atoms with E-state index in [2.05, 4.69) is 23.7 Å². The minimum atomic E-state index is -0.197. The minimum Gasteiger partial charge on any atom is -0.383 e. The van der Waals surface area contributed by atoms with Crippen molar-refractivity contribution in [1.29, 1.82) is 0 Å². The topological polar surface area (TPSA) is 68.2 Å². The Morgan fingerprint density at radius 3 is 2.58 bits per heavy atom. The molecule has 1 unspecified atom stereocenters. The average molecular weight is 283 g/mol. The third kappa shape index (κ3) is 3.02. The number of hydrogen-bond acceptors (Lipinski definition) is 4. The van der Waals surface area contributed by atoms with E-state index in [1.165, 1.54) is 19.3 Å². The lowest BCUT2D eigenvalue weighted by atomic mass is 9.86. The molecule has 0 bridgehead atoms. The summed E-state index contributed by atoms with van der Waals surface area (Å²) in [5, 5.41) is 0.578. The zero-order valence-electron chi connectivity index (χ0n) is 11.7. The van der Waals surface area contributed by atoms with E-state index in [1.54, 1.807) is 6.20 Å². The summed E-state index contributed by atoms with van der Waals surface area (Å²) in [5.41, 5.74) is 13.1. The van der Waals surface area contributed by atoms with E-state index in [0.29, 0.717) is 10.8 Å². The number of nitrogens with zero attached hydrogens (tertiary/aromatic N) is 2. The first kappa shape index (κ1) is 14.6. The molecule has 106 valence electrons. The van der Waals surface area contributed by atoms with Crippen LogP contribution >= 0.6 is 11.6 Å². The summed E-state index contributed by atoms with van der Waals surface area (Å²) in [5.74, 6) is 0.474. The SMILES string of the molecule is CC(C)(C(N)c1cc(Cl)cnc1N)N1CCCCC1. The van der Waals surface area contributed by atoms with Crippen molar-refractivity contribution >= 4 is 17.4 Å². The monoisotopic (exact) mass is 282 g/mol. The van der Waals surface area contributed by atoms with Crippen molar-refractivity contribution in [2.75, 3.05) is 18.8 Å². The molecule has 0 spiro atoms. The molecule has 0 aliphatic carbocycles. The molecule has 1 aliphatic heterocycles.